The van der Waals surface area contributed by atoms with Crippen molar-refractivity contribution in [2.24, 2.45) is 0 Å². The molecule has 1 saturated heterocycles. The number of hydrogen-bond acceptors (Lipinski definition) is 15. The number of hydrogen-bond donors (Lipinski definition) is 1. The summed E-state index contributed by atoms with van der Waals surface area (Å²) in [5.74, 6) is -1.60. The molecule has 1 fully saturated rings. The highest BCUT2D eigenvalue weighted by molar-refractivity contribution is 7.88. The van der Waals surface area contributed by atoms with Gasteiger partial charge >= 0.3 is 27.4 Å². The zero-order valence-electron chi connectivity index (χ0n) is 35.7. The fourth-order valence-electron chi connectivity index (χ4n) is 5.10. The van der Waals surface area contributed by atoms with Crippen molar-refractivity contribution in [2.75, 3.05) is 24.8 Å². The Kier molecular flexibility index (Phi) is 14.4. The average molecular weight is 919 g/mol. The highest BCUT2D eigenvalue weighted by Gasteiger charge is 2.50. The molecule has 5 rings (SSSR count). The molecule has 338 valence electrons. The molecule has 0 aliphatic carbocycles. The minimum Gasteiger partial charge on any atom is -0.449 e. The van der Waals surface area contributed by atoms with Gasteiger partial charge in [0.05, 0.1) is 12.8 Å². The third-order valence-corrected chi connectivity index (χ3v) is 20.0. The number of carbonyl (C=O) groups excluding carboxylic acids is 1. The molecule has 61 heavy (non-hydrogen) atoms. The third-order valence-electron chi connectivity index (χ3n) is 10.7. The molecular formula is C38H53F3N4O13SSi2. The number of anilines is 2. The summed E-state index contributed by atoms with van der Waals surface area (Å²) in [6.07, 6.45) is -2.01. The van der Waals surface area contributed by atoms with Crippen LogP contribution in [0.4, 0.5) is 29.5 Å². The summed E-state index contributed by atoms with van der Waals surface area (Å²) in [6.45, 7) is 19.7. The summed E-state index contributed by atoms with van der Waals surface area (Å²) in [4.78, 5) is 48.1. The molecule has 0 radical (unpaired) electrons. The van der Waals surface area contributed by atoms with E-state index in [4.69, 9.17) is 38.0 Å². The number of alkyl carbamates (subject to hydrolysis) is 1. The van der Waals surface area contributed by atoms with Crippen LogP contribution in [0.1, 0.15) is 59.8 Å². The molecule has 1 amide bonds. The Morgan fingerprint density at radius 3 is 2.23 bits per heavy atom. The third kappa shape index (κ3) is 11.5. The molecule has 0 saturated carbocycles. The molecule has 0 spiro atoms. The van der Waals surface area contributed by atoms with Gasteiger partial charge in [0, 0.05) is 13.0 Å². The van der Waals surface area contributed by atoms with Gasteiger partial charge in [0.2, 0.25) is 22.5 Å². The van der Waals surface area contributed by atoms with Crippen molar-refractivity contribution in [3.63, 3.8) is 0 Å². The van der Waals surface area contributed by atoms with Gasteiger partial charge in [-0.15, -0.1) is 0 Å². The number of nitrogens with one attached hydrogen (secondary N) is 1. The van der Waals surface area contributed by atoms with Gasteiger partial charge in [0.1, 0.15) is 31.6 Å². The molecule has 3 atom stereocenters. The molecular weight excluding hydrogens is 866 g/mol. The van der Waals surface area contributed by atoms with E-state index in [9.17, 15) is 31.2 Å². The number of nitrogens with zero attached hydrogens (tertiary/aromatic N) is 3. The lowest BCUT2D eigenvalue weighted by molar-refractivity contribution is -0.290. The van der Waals surface area contributed by atoms with E-state index < -0.39 is 73.9 Å². The van der Waals surface area contributed by atoms with Crippen molar-refractivity contribution in [1.82, 2.24) is 14.9 Å². The maximum absolute atomic E-state index is 13.9. The lowest BCUT2D eigenvalue weighted by atomic mass is 10.2. The van der Waals surface area contributed by atoms with Crippen molar-refractivity contribution in [3.05, 3.63) is 70.8 Å². The zero-order chi connectivity index (χ0) is 45.2. The predicted molar refractivity (Wildman–Crippen MR) is 219 cm³/mol. The van der Waals surface area contributed by atoms with Crippen LogP contribution in [0.5, 0.6) is 17.2 Å². The monoisotopic (exact) mass is 918 g/mol. The molecule has 2 aromatic carbocycles. The van der Waals surface area contributed by atoms with Crippen molar-refractivity contribution < 1.29 is 68.5 Å². The number of amides is 1. The molecule has 0 bridgehead atoms. The van der Waals surface area contributed by atoms with Crippen molar-refractivity contribution in [2.45, 2.75) is 115 Å². The first kappa shape index (κ1) is 48.0. The Balaban J connectivity index is 1.42. The fraction of sp³-hybridized carbons (Fsp3) is 0.553. The Labute approximate surface area is 354 Å². The molecule has 1 aromatic heterocycles. The fourth-order valence-corrected chi connectivity index (χ4v) is 6.79. The molecule has 2 aliphatic heterocycles. The number of aromatic nitrogens is 2. The Bertz CT molecular complexity index is 2180. The minimum absolute atomic E-state index is 0.0258. The first-order chi connectivity index (χ1) is 28.2. The van der Waals surface area contributed by atoms with Crippen LogP contribution in [-0.2, 0) is 50.0 Å². The number of para-hydroxylation sites is 1. The van der Waals surface area contributed by atoms with Crippen molar-refractivity contribution in [3.8, 4) is 17.2 Å². The first-order valence-electron chi connectivity index (χ1n) is 19.3. The molecule has 1 N–H and O–H groups in total. The second kappa shape index (κ2) is 18.3. The maximum Gasteiger partial charge on any atom is 0.534 e. The molecule has 2 aliphatic rings. The average Bonchev–Trinajstić information content (AvgIpc) is 3.55. The lowest BCUT2D eigenvalue weighted by Gasteiger charge is -2.36. The summed E-state index contributed by atoms with van der Waals surface area (Å²) in [6, 6.07) is 12.3. The van der Waals surface area contributed by atoms with Gasteiger partial charge in [0.25, 0.3) is 0 Å². The van der Waals surface area contributed by atoms with Gasteiger partial charge in [-0.1, -0.05) is 77.9 Å². The van der Waals surface area contributed by atoms with E-state index in [1.54, 1.807) is 30.3 Å². The van der Waals surface area contributed by atoms with Crippen LogP contribution in [0.3, 0.4) is 0 Å². The van der Waals surface area contributed by atoms with E-state index >= 15 is 0 Å². The van der Waals surface area contributed by atoms with Crippen molar-refractivity contribution >= 4 is 44.4 Å². The van der Waals surface area contributed by atoms with Crippen LogP contribution >= 0.6 is 0 Å². The van der Waals surface area contributed by atoms with Crippen LogP contribution in [0.15, 0.2) is 59.5 Å². The smallest absolute Gasteiger partial charge is 0.449 e. The van der Waals surface area contributed by atoms with Crippen LogP contribution in [-0.4, -0.2) is 78.2 Å². The number of ether oxygens (including phenoxy) is 3. The Morgan fingerprint density at radius 2 is 1.59 bits per heavy atom. The zero-order valence-corrected chi connectivity index (χ0v) is 38.5. The van der Waals surface area contributed by atoms with E-state index in [1.807, 2.05) is 26.2 Å². The van der Waals surface area contributed by atoms with Gasteiger partial charge < -0.3 is 23.7 Å². The van der Waals surface area contributed by atoms with E-state index in [1.165, 1.54) is 18.3 Å². The number of alkyl halides is 3. The summed E-state index contributed by atoms with van der Waals surface area (Å²) >= 11 is 0. The lowest BCUT2D eigenvalue weighted by Crippen LogP contribution is -2.44. The second-order valence-electron chi connectivity index (χ2n) is 17.4. The molecule has 3 aromatic rings. The standard InChI is InChI=1S/C38H53F3N4O13SSi2/c1-36(2,3)60(7,8)57-52-24-30-28(55-58-61(9,10)37(4,5)6)21-31(54-30)44-22-29-33(43-34(44)46)45(51-20-19-42-35(47)50-23-25-15-12-11-13-16-25)32-26(53-29)17-14-18-27(32)56-59(48,49)38(39,40)41/h11-18,22,28,30-31H,19-21,23-24H2,1-10H3,(H,42,47)/t28-,30+,31+/m0/s1. The molecule has 0 unspecified atom stereocenters. The summed E-state index contributed by atoms with van der Waals surface area (Å²) in [7, 11) is -11.0. The van der Waals surface area contributed by atoms with E-state index in [0.29, 0.717) is 0 Å². The molecule has 17 nitrogen and oxygen atoms in total. The van der Waals surface area contributed by atoms with E-state index in [0.717, 1.165) is 21.3 Å². The number of carbonyl (C=O) groups is 1. The molecule has 3 heterocycles. The van der Waals surface area contributed by atoms with Crippen molar-refractivity contribution in [1.29, 1.82) is 0 Å². The van der Waals surface area contributed by atoms with Gasteiger partial charge in [-0.2, -0.15) is 31.6 Å². The Hall–Kier alpha value is -4.08. The van der Waals surface area contributed by atoms with Crippen LogP contribution in [0.25, 0.3) is 0 Å². The minimum atomic E-state index is -6.18. The topological polar surface area (TPSA) is 184 Å². The number of benzene rings is 2. The highest BCUT2D eigenvalue weighted by Crippen LogP contribution is 2.51. The largest absolute Gasteiger partial charge is 0.534 e. The van der Waals surface area contributed by atoms with E-state index in [-0.39, 0.29) is 60.2 Å². The SMILES string of the molecule is CC(C)(C)[Si](C)(C)OOC[C@H]1O[C@@H](n2cc3c(nc2=O)N(OCCNC(=O)OCc2ccccc2)c2c(cccc2OS(=O)(=O)C(F)(F)F)O3)C[C@@H]1OO[Si](C)(C)C(C)(C)C. The van der Waals surface area contributed by atoms with Gasteiger partial charge in [0.15, 0.2) is 22.9 Å². The van der Waals surface area contributed by atoms with Crippen LogP contribution in [0, 0.1) is 0 Å². The summed E-state index contributed by atoms with van der Waals surface area (Å²) in [5.41, 5.74) is -6.44. The number of halogens is 3. The normalized spacial score (nSPS) is 18.6. The summed E-state index contributed by atoms with van der Waals surface area (Å²) < 4.78 is 99.9. The Morgan fingerprint density at radius 1 is 0.934 bits per heavy atom. The van der Waals surface area contributed by atoms with Gasteiger partial charge in [-0.3, -0.25) is 18.6 Å². The molecule has 23 heteroatoms. The predicted octanol–water partition coefficient (Wildman–Crippen LogP) is 8.14. The van der Waals surface area contributed by atoms with Crippen LogP contribution in [0.2, 0.25) is 36.3 Å². The van der Waals surface area contributed by atoms with Gasteiger partial charge in [-0.05, 0) is 54.0 Å². The maximum atomic E-state index is 13.9. The summed E-state index contributed by atoms with van der Waals surface area (Å²) in [5, 5.41) is 2.91. The van der Waals surface area contributed by atoms with E-state index in [2.05, 4.69) is 56.0 Å². The van der Waals surface area contributed by atoms with Crippen LogP contribution < -0.4 is 25.0 Å². The van der Waals surface area contributed by atoms with Gasteiger partial charge in [-0.25, -0.2) is 19.4 Å². The number of rotatable bonds is 16. The highest BCUT2D eigenvalue weighted by atomic mass is 32.2. The number of fused-ring (bicyclic) bond motifs is 2. The second-order valence-corrected chi connectivity index (χ2v) is 28.3. The first-order valence-corrected chi connectivity index (χ1v) is 26.6. The quantitative estimate of drug-likeness (QED) is 0.0362.